The van der Waals surface area contributed by atoms with Crippen molar-refractivity contribution in [1.82, 2.24) is 5.32 Å². The number of benzene rings is 2. The molecule has 160 valence electrons. The van der Waals surface area contributed by atoms with Crippen LogP contribution in [-0.4, -0.2) is 39.8 Å². The molecule has 0 bridgehead atoms. The number of esters is 1. The van der Waals surface area contributed by atoms with Crippen molar-refractivity contribution in [3.05, 3.63) is 58.6 Å². The van der Waals surface area contributed by atoms with Gasteiger partial charge in [0.15, 0.2) is 18.1 Å². The van der Waals surface area contributed by atoms with Gasteiger partial charge in [-0.3, -0.25) is 4.79 Å². The van der Waals surface area contributed by atoms with Crippen LogP contribution in [0.15, 0.2) is 42.5 Å². The standard InChI is InChI=1S/C22H24ClNO6/c1-14(16-6-8-17(23)9-7-16)24-20(25)13-30-21(26)10-5-15-11-18(27-2)22(29-4)19(12-15)28-3/h5-12,14H,13H2,1-4H3,(H,24,25)/b10-5+. The van der Waals surface area contributed by atoms with E-state index in [2.05, 4.69) is 5.32 Å². The Balaban J connectivity index is 1.91. The van der Waals surface area contributed by atoms with Crippen LogP contribution in [0.5, 0.6) is 17.2 Å². The van der Waals surface area contributed by atoms with Crippen molar-refractivity contribution in [2.75, 3.05) is 27.9 Å². The molecule has 0 fully saturated rings. The van der Waals surface area contributed by atoms with Crippen molar-refractivity contribution in [2.45, 2.75) is 13.0 Å². The monoisotopic (exact) mass is 433 g/mol. The van der Waals surface area contributed by atoms with Gasteiger partial charge in [-0.2, -0.15) is 0 Å². The largest absolute Gasteiger partial charge is 0.493 e. The second-order valence-corrected chi connectivity index (χ2v) is 6.68. The molecule has 2 aromatic rings. The summed E-state index contributed by atoms with van der Waals surface area (Å²) in [6.07, 6.45) is 2.75. The van der Waals surface area contributed by atoms with E-state index in [1.54, 1.807) is 24.3 Å². The lowest BCUT2D eigenvalue weighted by molar-refractivity contribution is -0.144. The number of methoxy groups -OCH3 is 3. The van der Waals surface area contributed by atoms with Crippen LogP contribution in [0.1, 0.15) is 24.1 Å². The minimum Gasteiger partial charge on any atom is -0.493 e. The summed E-state index contributed by atoms with van der Waals surface area (Å²) in [4.78, 5) is 24.0. The smallest absolute Gasteiger partial charge is 0.331 e. The Hall–Kier alpha value is -3.19. The maximum Gasteiger partial charge on any atom is 0.331 e. The number of halogens is 1. The molecule has 30 heavy (non-hydrogen) atoms. The Morgan fingerprint density at radius 3 is 2.17 bits per heavy atom. The maximum atomic E-state index is 12.0. The zero-order valence-corrected chi connectivity index (χ0v) is 18.0. The first-order valence-corrected chi connectivity index (χ1v) is 9.45. The molecule has 1 N–H and O–H groups in total. The number of rotatable bonds is 9. The molecular weight excluding hydrogens is 410 g/mol. The molecule has 0 saturated heterocycles. The molecule has 1 atom stereocenters. The van der Waals surface area contributed by atoms with Crippen LogP contribution in [-0.2, 0) is 14.3 Å². The number of hydrogen-bond donors (Lipinski definition) is 1. The van der Waals surface area contributed by atoms with E-state index in [-0.39, 0.29) is 6.04 Å². The average molecular weight is 434 g/mol. The fourth-order valence-electron chi connectivity index (χ4n) is 2.66. The second kappa shape index (κ2) is 11.1. The Morgan fingerprint density at radius 1 is 1.03 bits per heavy atom. The zero-order valence-electron chi connectivity index (χ0n) is 17.2. The number of ether oxygens (including phenoxy) is 4. The van der Waals surface area contributed by atoms with Gasteiger partial charge in [0.25, 0.3) is 5.91 Å². The van der Waals surface area contributed by atoms with E-state index in [1.165, 1.54) is 33.5 Å². The van der Waals surface area contributed by atoms with Crippen molar-refractivity contribution in [3.8, 4) is 17.2 Å². The normalized spacial score (nSPS) is 11.6. The van der Waals surface area contributed by atoms with Gasteiger partial charge >= 0.3 is 5.97 Å². The number of carbonyl (C=O) groups is 2. The predicted octanol–water partition coefficient (Wildman–Crippen LogP) is 3.80. The molecular formula is C22H24ClNO6. The Labute approximate surface area is 180 Å². The van der Waals surface area contributed by atoms with Crippen molar-refractivity contribution >= 4 is 29.6 Å². The molecule has 0 radical (unpaired) electrons. The highest BCUT2D eigenvalue weighted by Crippen LogP contribution is 2.38. The van der Waals surface area contributed by atoms with Crippen molar-refractivity contribution in [2.24, 2.45) is 0 Å². The highest BCUT2D eigenvalue weighted by atomic mass is 35.5. The molecule has 2 rings (SSSR count). The summed E-state index contributed by atoms with van der Waals surface area (Å²) in [7, 11) is 4.51. The first-order valence-electron chi connectivity index (χ1n) is 9.07. The first kappa shape index (κ1) is 23.1. The molecule has 0 aliphatic heterocycles. The fraction of sp³-hybridized carbons (Fsp3) is 0.273. The predicted molar refractivity (Wildman–Crippen MR) is 114 cm³/mol. The van der Waals surface area contributed by atoms with Crippen LogP contribution in [0.4, 0.5) is 0 Å². The number of hydrogen-bond acceptors (Lipinski definition) is 6. The van der Waals surface area contributed by atoms with Crippen LogP contribution in [0.2, 0.25) is 5.02 Å². The van der Waals surface area contributed by atoms with Crippen LogP contribution < -0.4 is 19.5 Å². The molecule has 0 saturated carbocycles. The fourth-order valence-corrected chi connectivity index (χ4v) is 2.79. The van der Waals surface area contributed by atoms with Crippen LogP contribution in [0, 0.1) is 0 Å². The quantitative estimate of drug-likeness (QED) is 0.478. The van der Waals surface area contributed by atoms with Gasteiger partial charge in [-0.05, 0) is 48.4 Å². The average Bonchev–Trinajstić information content (AvgIpc) is 2.75. The molecule has 7 nitrogen and oxygen atoms in total. The summed E-state index contributed by atoms with van der Waals surface area (Å²) in [5, 5.41) is 3.37. The van der Waals surface area contributed by atoms with E-state index in [4.69, 9.17) is 30.5 Å². The van der Waals surface area contributed by atoms with E-state index in [0.717, 1.165) is 5.56 Å². The van der Waals surface area contributed by atoms with Gasteiger partial charge in [0.05, 0.1) is 27.4 Å². The first-order chi connectivity index (χ1) is 14.4. The Morgan fingerprint density at radius 2 is 1.63 bits per heavy atom. The zero-order chi connectivity index (χ0) is 22.1. The summed E-state index contributed by atoms with van der Waals surface area (Å²) in [6.45, 7) is 1.43. The third-order valence-electron chi connectivity index (χ3n) is 4.19. The molecule has 8 heteroatoms. The third-order valence-corrected chi connectivity index (χ3v) is 4.44. The Bertz CT molecular complexity index is 885. The molecule has 0 heterocycles. The molecule has 0 aliphatic rings. The lowest BCUT2D eigenvalue weighted by atomic mass is 10.1. The number of carbonyl (C=O) groups excluding carboxylic acids is 2. The van der Waals surface area contributed by atoms with Crippen molar-refractivity contribution < 1.29 is 28.5 Å². The molecule has 0 aliphatic carbocycles. The van der Waals surface area contributed by atoms with E-state index in [0.29, 0.717) is 27.8 Å². The van der Waals surface area contributed by atoms with E-state index < -0.39 is 18.5 Å². The maximum absolute atomic E-state index is 12.0. The van der Waals surface area contributed by atoms with E-state index in [1.807, 2.05) is 19.1 Å². The van der Waals surface area contributed by atoms with Gasteiger partial charge in [0.2, 0.25) is 5.75 Å². The summed E-state index contributed by atoms with van der Waals surface area (Å²) in [5.74, 6) is 0.303. The Kier molecular flexibility index (Phi) is 8.55. The van der Waals surface area contributed by atoms with Crippen LogP contribution in [0.3, 0.4) is 0 Å². The SMILES string of the molecule is COc1cc(/C=C/C(=O)OCC(=O)NC(C)c2ccc(Cl)cc2)cc(OC)c1OC. The van der Waals surface area contributed by atoms with Crippen LogP contribution >= 0.6 is 11.6 Å². The molecule has 2 aromatic carbocycles. The van der Waals surface area contributed by atoms with Gasteiger partial charge < -0.3 is 24.3 Å². The van der Waals surface area contributed by atoms with Gasteiger partial charge in [-0.25, -0.2) is 4.79 Å². The minimum atomic E-state index is -0.655. The lowest BCUT2D eigenvalue weighted by Gasteiger charge is -2.14. The topological polar surface area (TPSA) is 83.1 Å². The molecule has 0 spiro atoms. The van der Waals surface area contributed by atoms with E-state index in [9.17, 15) is 9.59 Å². The van der Waals surface area contributed by atoms with Crippen molar-refractivity contribution in [1.29, 1.82) is 0 Å². The number of nitrogens with one attached hydrogen (secondary N) is 1. The lowest BCUT2D eigenvalue weighted by Crippen LogP contribution is -2.30. The molecule has 1 unspecified atom stereocenters. The van der Waals surface area contributed by atoms with Gasteiger partial charge in [-0.1, -0.05) is 23.7 Å². The van der Waals surface area contributed by atoms with Crippen LogP contribution in [0.25, 0.3) is 6.08 Å². The highest BCUT2D eigenvalue weighted by Gasteiger charge is 2.13. The van der Waals surface area contributed by atoms with Gasteiger partial charge in [0, 0.05) is 11.1 Å². The van der Waals surface area contributed by atoms with E-state index >= 15 is 0 Å². The van der Waals surface area contributed by atoms with Gasteiger partial charge in [0.1, 0.15) is 0 Å². The molecule has 1 amide bonds. The second-order valence-electron chi connectivity index (χ2n) is 6.24. The third kappa shape index (κ3) is 6.42. The summed E-state index contributed by atoms with van der Waals surface area (Å²) >= 11 is 5.86. The van der Waals surface area contributed by atoms with Crippen molar-refractivity contribution in [3.63, 3.8) is 0 Å². The van der Waals surface area contributed by atoms with Gasteiger partial charge in [-0.15, -0.1) is 0 Å². The highest BCUT2D eigenvalue weighted by molar-refractivity contribution is 6.30. The summed E-state index contributed by atoms with van der Waals surface area (Å²) < 4.78 is 20.8. The molecule has 0 aromatic heterocycles. The summed E-state index contributed by atoms with van der Waals surface area (Å²) in [6, 6.07) is 10.3. The minimum absolute atomic E-state index is 0.247. The number of amides is 1. The summed E-state index contributed by atoms with van der Waals surface area (Å²) in [5.41, 5.74) is 1.53.